The first-order valence-corrected chi connectivity index (χ1v) is 7.08. The molecule has 0 aliphatic carbocycles. The Morgan fingerprint density at radius 1 is 1.27 bits per heavy atom. The molecule has 4 rings (SSSR count). The van der Waals surface area contributed by atoms with E-state index in [1.807, 2.05) is 4.90 Å². The zero-order valence-electron chi connectivity index (χ0n) is 12.1. The number of aryl methyl sites for hydroxylation is 1. The molecule has 0 spiro atoms. The topological polar surface area (TPSA) is 87.6 Å². The molecule has 1 saturated heterocycles. The van der Waals surface area contributed by atoms with Crippen molar-refractivity contribution in [1.29, 1.82) is 0 Å². The number of phenols is 2. The molecular formula is C15H15N3O4. The molecule has 7 nitrogen and oxygen atoms in total. The minimum absolute atomic E-state index is 0.0116. The van der Waals surface area contributed by atoms with E-state index in [1.165, 1.54) is 6.92 Å². The number of phenolic OH excluding ortho intramolecular Hbond substituents is 2. The Balaban J connectivity index is 2.08. The van der Waals surface area contributed by atoms with E-state index in [-0.39, 0.29) is 11.5 Å². The van der Waals surface area contributed by atoms with Crippen LogP contribution in [0.2, 0.25) is 0 Å². The van der Waals surface area contributed by atoms with E-state index in [0.717, 1.165) is 13.1 Å². The van der Waals surface area contributed by atoms with E-state index in [1.54, 1.807) is 4.57 Å². The lowest BCUT2D eigenvalue weighted by Gasteiger charge is -2.10. The number of hydrogen-bond acceptors (Lipinski definition) is 6. The van der Waals surface area contributed by atoms with Gasteiger partial charge < -0.3 is 24.4 Å². The second-order valence-corrected chi connectivity index (χ2v) is 5.56. The number of anilines is 1. The van der Waals surface area contributed by atoms with Crippen molar-refractivity contribution < 1.29 is 19.7 Å². The molecule has 1 aromatic carbocycles. The largest absolute Gasteiger partial charge is 0.505 e. The fraction of sp³-hybridized carbons (Fsp3) is 0.333. The summed E-state index contributed by atoms with van der Waals surface area (Å²) >= 11 is 0. The van der Waals surface area contributed by atoms with Crippen LogP contribution in [-0.4, -0.2) is 38.8 Å². The number of benzene rings is 1. The van der Waals surface area contributed by atoms with Gasteiger partial charge in [-0.1, -0.05) is 6.58 Å². The van der Waals surface area contributed by atoms with E-state index in [2.05, 4.69) is 11.6 Å². The maximum absolute atomic E-state index is 11.2. The molecule has 2 aliphatic heterocycles. The average molecular weight is 301 g/mol. The minimum atomic E-state index is -0.411. The zero-order chi connectivity index (χ0) is 15.6. The Morgan fingerprint density at radius 3 is 2.64 bits per heavy atom. The third-order valence-corrected chi connectivity index (χ3v) is 4.05. The van der Waals surface area contributed by atoms with Gasteiger partial charge in [0.15, 0.2) is 22.7 Å². The Bertz CT molecular complexity index is 940. The highest BCUT2D eigenvalue weighted by Gasteiger charge is 2.29. The van der Waals surface area contributed by atoms with E-state index in [4.69, 9.17) is 4.74 Å². The second-order valence-electron chi connectivity index (χ2n) is 5.56. The highest BCUT2D eigenvalue weighted by Crippen LogP contribution is 2.37. The van der Waals surface area contributed by atoms with Crippen LogP contribution in [0.1, 0.15) is 13.3 Å². The number of aromatic nitrogens is 2. The molecule has 2 aromatic rings. The van der Waals surface area contributed by atoms with Crippen molar-refractivity contribution in [3.63, 3.8) is 0 Å². The third-order valence-electron chi connectivity index (χ3n) is 4.05. The van der Waals surface area contributed by atoms with Crippen molar-refractivity contribution in [3.05, 3.63) is 10.7 Å². The standard InChI is InChI=1S/C15H15N3O4/c1-7-11(17-5-6-17)14(21)10-12(13(7)20)18-4-3-9(15(18)16-10)22-8(2)19/h20-21H,1,3-6H2,2H3. The summed E-state index contributed by atoms with van der Waals surface area (Å²) in [5.41, 5.74) is 1.74. The SMILES string of the molecule is C=c1c(N2CC2)c(O)c2nc3n(c2c1O)CCC=3OC(C)=O. The highest BCUT2D eigenvalue weighted by molar-refractivity contribution is 5.94. The summed E-state index contributed by atoms with van der Waals surface area (Å²) in [7, 11) is 0. The normalized spacial score (nSPS) is 16.2. The predicted octanol–water partition coefficient (Wildman–Crippen LogP) is -0.247. The predicted molar refractivity (Wildman–Crippen MR) is 79.8 cm³/mol. The Kier molecular flexibility index (Phi) is 2.46. The molecule has 0 saturated carbocycles. The number of nitrogens with zero attached hydrogens (tertiary/aromatic N) is 3. The van der Waals surface area contributed by atoms with Crippen molar-refractivity contribution in [2.75, 3.05) is 18.0 Å². The van der Waals surface area contributed by atoms with Crippen LogP contribution in [0.4, 0.5) is 5.69 Å². The van der Waals surface area contributed by atoms with Gasteiger partial charge in [-0.15, -0.1) is 0 Å². The molecule has 1 fully saturated rings. The molecule has 3 heterocycles. The Labute approximate surface area is 125 Å². The molecule has 22 heavy (non-hydrogen) atoms. The van der Waals surface area contributed by atoms with Gasteiger partial charge in [-0.25, -0.2) is 4.98 Å². The molecule has 2 N–H and O–H groups in total. The third kappa shape index (κ3) is 1.62. The minimum Gasteiger partial charge on any atom is -0.505 e. The molecule has 2 aliphatic rings. The lowest BCUT2D eigenvalue weighted by molar-refractivity contribution is -0.134. The lowest BCUT2D eigenvalue weighted by atomic mass is 10.2. The van der Waals surface area contributed by atoms with Gasteiger partial charge in [0, 0.05) is 38.2 Å². The smallest absolute Gasteiger partial charge is 0.307 e. The van der Waals surface area contributed by atoms with Crippen LogP contribution in [0.5, 0.6) is 11.5 Å². The fourth-order valence-electron chi connectivity index (χ4n) is 3.01. The molecule has 0 unspecified atom stereocenters. The first kappa shape index (κ1) is 13.0. The van der Waals surface area contributed by atoms with Crippen molar-refractivity contribution >= 4 is 35.0 Å². The van der Waals surface area contributed by atoms with Crippen molar-refractivity contribution in [2.24, 2.45) is 0 Å². The number of imidazole rings is 1. The number of ether oxygens (including phenoxy) is 1. The zero-order valence-corrected chi connectivity index (χ0v) is 12.1. The van der Waals surface area contributed by atoms with Crippen LogP contribution >= 0.6 is 0 Å². The van der Waals surface area contributed by atoms with Gasteiger partial charge in [0.2, 0.25) is 0 Å². The van der Waals surface area contributed by atoms with Crippen molar-refractivity contribution in [1.82, 2.24) is 9.55 Å². The van der Waals surface area contributed by atoms with Gasteiger partial charge in [0.1, 0.15) is 11.0 Å². The van der Waals surface area contributed by atoms with Crippen LogP contribution in [0.15, 0.2) is 0 Å². The maximum atomic E-state index is 11.2. The van der Waals surface area contributed by atoms with Gasteiger partial charge in [-0.3, -0.25) is 4.79 Å². The maximum Gasteiger partial charge on any atom is 0.307 e. The average Bonchev–Trinajstić information content (AvgIpc) is 3.09. The van der Waals surface area contributed by atoms with Gasteiger partial charge >= 0.3 is 5.97 Å². The van der Waals surface area contributed by atoms with Gasteiger partial charge in [0.25, 0.3) is 0 Å². The number of aromatic hydroxyl groups is 2. The summed E-state index contributed by atoms with van der Waals surface area (Å²) in [6.07, 6.45) is 0.526. The second kappa shape index (κ2) is 4.16. The molecule has 0 radical (unpaired) electrons. The number of rotatable bonds is 2. The van der Waals surface area contributed by atoms with Crippen LogP contribution in [0.3, 0.4) is 0 Å². The van der Waals surface area contributed by atoms with Crippen LogP contribution < -0.4 is 15.6 Å². The summed E-state index contributed by atoms with van der Waals surface area (Å²) < 4.78 is 6.93. The lowest BCUT2D eigenvalue weighted by Crippen LogP contribution is -2.16. The quantitative estimate of drug-likeness (QED) is 0.452. The van der Waals surface area contributed by atoms with Gasteiger partial charge in [-0.2, -0.15) is 0 Å². The van der Waals surface area contributed by atoms with Gasteiger partial charge in [-0.05, 0) is 0 Å². The van der Waals surface area contributed by atoms with Crippen molar-refractivity contribution in [3.8, 4) is 11.5 Å². The molecular weight excluding hydrogens is 286 g/mol. The summed E-state index contributed by atoms with van der Waals surface area (Å²) in [5.74, 6) is 0.0740. The molecule has 114 valence electrons. The van der Waals surface area contributed by atoms with E-state index >= 15 is 0 Å². The van der Waals surface area contributed by atoms with Crippen LogP contribution in [0.25, 0.3) is 23.4 Å². The summed E-state index contributed by atoms with van der Waals surface area (Å²) in [4.78, 5) is 17.5. The Hall–Kier alpha value is -2.70. The number of carbonyl (C=O) groups is 1. The number of fused-ring (bicyclic) bond motifs is 3. The molecule has 1 aromatic heterocycles. The summed E-state index contributed by atoms with van der Waals surface area (Å²) in [6.45, 7) is 7.38. The van der Waals surface area contributed by atoms with Crippen LogP contribution in [-0.2, 0) is 16.1 Å². The number of hydrogen-bond donors (Lipinski definition) is 2. The molecule has 0 amide bonds. The monoisotopic (exact) mass is 301 g/mol. The summed E-state index contributed by atoms with van der Waals surface area (Å²) in [6, 6.07) is 0. The first-order chi connectivity index (χ1) is 10.5. The van der Waals surface area contributed by atoms with Crippen molar-refractivity contribution in [2.45, 2.75) is 19.9 Å². The van der Waals surface area contributed by atoms with E-state index in [0.29, 0.717) is 46.1 Å². The van der Waals surface area contributed by atoms with Crippen LogP contribution in [0, 0.1) is 0 Å². The van der Waals surface area contributed by atoms with E-state index < -0.39 is 5.97 Å². The van der Waals surface area contributed by atoms with E-state index in [9.17, 15) is 15.0 Å². The molecule has 7 heteroatoms. The molecule has 0 bridgehead atoms. The van der Waals surface area contributed by atoms with Gasteiger partial charge in [0.05, 0.1) is 5.69 Å². The highest BCUT2D eigenvalue weighted by atomic mass is 16.5. The summed E-state index contributed by atoms with van der Waals surface area (Å²) in [5, 5.41) is 21.4. The number of carbonyl (C=O) groups excluding carboxylic acids is 1. The first-order valence-electron chi connectivity index (χ1n) is 7.08. The molecule has 0 atom stereocenters. The number of esters is 1. The Morgan fingerprint density at radius 2 is 2.00 bits per heavy atom. The fourth-order valence-corrected chi connectivity index (χ4v) is 3.01.